The highest BCUT2D eigenvalue weighted by Crippen LogP contribution is 2.40. The van der Waals surface area contributed by atoms with Crippen molar-refractivity contribution in [1.29, 1.82) is 0 Å². The average molecular weight is 382 g/mol. The molecule has 1 aromatic carbocycles. The Hall–Kier alpha value is -2.83. The van der Waals surface area contributed by atoms with Gasteiger partial charge in [0.05, 0.1) is 11.8 Å². The molecule has 1 aliphatic heterocycles. The van der Waals surface area contributed by atoms with Crippen LogP contribution in [-0.2, 0) is 20.8 Å². The van der Waals surface area contributed by atoms with Crippen molar-refractivity contribution in [2.75, 3.05) is 32.7 Å². The van der Waals surface area contributed by atoms with Crippen LogP contribution in [0.2, 0.25) is 0 Å². The van der Waals surface area contributed by atoms with Crippen LogP contribution in [0, 0.1) is 11.8 Å². The Balaban J connectivity index is 1.22. The van der Waals surface area contributed by atoms with E-state index in [9.17, 15) is 14.4 Å². The molecule has 7 nitrogen and oxygen atoms in total. The smallest absolute Gasteiger partial charge is 0.226 e. The summed E-state index contributed by atoms with van der Waals surface area (Å²) in [5.74, 6) is -0.329. The van der Waals surface area contributed by atoms with Crippen LogP contribution in [0.3, 0.4) is 0 Å². The molecule has 2 N–H and O–H groups in total. The van der Waals surface area contributed by atoms with E-state index in [1.807, 2.05) is 24.4 Å². The second-order valence-electron chi connectivity index (χ2n) is 7.68. The first-order valence-corrected chi connectivity index (χ1v) is 9.91. The van der Waals surface area contributed by atoms with E-state index in [4.69, 9.17) is 0 Å². The molecule has 4 rings (SSSR count). The molecular formula is C21H26N4O3. The van der Waals surface area contributed by atoms with Gasteiger partial charge in [-0.15, -0.1) is 0 Å². The zero-order valence-corrected chi connectivity index (χ0v) is 16.1. The number of fused-ring (bicyclic) bond motifs is 1. The number of H-pyrrole nitrogens is 1. The highest BCUT2D eigenvalue weighted by atomic mass is 16.2. The first-order chi connectivity index (χ1) is 13.5. The largest absolute Gasteiger partial charge is 0.361 e. The van der Waals surface area contributed by atoms with E-state index in [2.05, 4.69) is 16.4 Å². The molecule has 2 aliphatic rings. The molecule has 0 radical (unpaired) electrons. The fourth-order valence-corrected chi connectivity index (χ4v) is 4.02. The van der Waals surface area contributed by atoms with Crippen LogP contribution in [0.15, 0.2) is 30.5 Å². The minimum absolute atomic E-state index is 0.0273. The molecule has 7 heteroatoms. The maximum Gasteiger partial charge on any atom is 0.226 e. The zero-order valence-electron chi connectivity index (χ0n) is 16.1. The fourth-order valence-electron chi connectivity index (χ4n) is 4.02. The number of carbonyl (C=O) groups is 3. The van der Waals surface area contributed by atoms with Gasteiger partial charge in [-0.3, -0.25) is 14.4 Å². The highest BCUT2D eigenvalue weighted by molar-refractivity contribution is 5.92. The number of benzene rings is 1. The predicted molar refractivity (Wildman–Crippen MR) is 105 cm³/mol. The average Bonchev–Trinajstić information content (AvgIpc) is 3.42. The number of aromatic nitrogens is 1. The summed E-state index contributed by atoms with van der Waals surface area (Å²) < 4.78 is 0. The lowest BCUT2D eigenvalue weighted by atomic mass is 10.1. The van der Waals surface area contributed by atoms with Crippen molar-refractivity contribution < 1.29 is 14.4 Å². The lowest BCUT2D eigenvalue weighted by Crippen LogP contribution is -2.50. The van der Waals surface area contributed by atoms with E-state index >= 15 is 0 Å². The number of piperazine rings is 1. The van der Waals surface area contributed by atoms with Crippen molar-refractivity contribution in [2.24, 2.45) is 11.8 Å². The number of rotatable bonds is 5. The van der Waals surface area contributed by atoms with Gasteiger partial charge in [0.15, 0.2) is 0 Å². The molecule has 148 valence electrons. The van der Waals surface area contributed by atoms with Gasteiger partial charge in [-0.05, 0) is 24.5 Å². The third kappa shape index (κ3) is 3.74. The van der Waals surface area contributed by atoms with Crippen LogP contribution < -0.4 is 5.32 Å². The SMILES string of the molecule is CC(=O)N1CCN(C(=O)C2CC2C(=O)NCCc2c[nH]c3ccccc23)CC1. The molecule has 1 aliphatic carbocycles. The number of hydrogen-bond acceptors (Lipinski definition) is 3. The second-order valence-corrected chi connectivity index (χ2v) is 7.68. The molecular weight excluding hydrogens is 356 g/mol. The van der Waals surface area contributed by atoms with Gasteiger partial charge >= 0.3 is 0 Å². The van der Waals surface area contributed by atoms with Crippen molar-refractivity contribution in [3.63, 3.8) is 0 Å². The van der Waals surface area contributed by atoms with Gasteiger partial charge in [-0.1, -0.05) is 18.2 Å². The normalized spacial score (nSPS) is 21.6. The van der Waals surface area contributed by atoms with E-state index in [0.29, 0.717) is 39.1 Å². The molecule has 1 saturated carbocycles. The molecule has 2 aromatic rings. The number of nitrogens with one attached hydrogen (secondary N) is 2. The summed E-state index contributed by atoms with van der Waals surface area (Å²) in [6.07, 6.45) is 3.37. The lowest BCUT2D eigenvalue weighted by molar-refractivity contribution is -0.140. The summed E-state index contributed by atoms with van der Waals surface area (Å²) in [4.78, 5) is 43.2. The molecule has 2 heterocycles. The van der Waals surface area contributed by atoms with Crippen LogP contribution in [-0.4, -0.2) is 65.2 Å². The summed E-state index contributed by atoms with van der Waals surface area (Å²) in [5, 5.41) is 4.16. The molecule has 2 atom stereocenters. The number of nitrogens with zero attached hydrogens (tertiary/aromatic N) is 2. The van der Waals surface area contributed by atoms with Crippen LogP contribution >= 0.6 is 0 Å². The molecule has 1 saturated heterocycles. The van der Waals surface area contributed by atoms with Gasteiger partial charge in [0.25, 0.3) is 0 Å². The van der Waals surface area contributed by atoms with Gasteiger partial charge in [-0.2, -0.15) is 0 Å². The van der Waals surface area contributed by atoms with Crippen molar-refractivity contribution in [3.8, 4) is 0 Å². The van der Waals surface area contributed by atoms with Crippen molar-refractivity contribution in [3.05, 3.63) is 36.0 Å². The molecule has 3 amide bonds. The molecule has 0 bridgehead atoms. The number of carbonyl (C=O) groups excluding carboxylic acids is 3. The van der Waals surface area contributed by atoms with Crippen molar-refractivity contribution >= 4 is 28.6 Å². The maximum atomic E-state index is 12.6. The molecule has 1 aromatic heterocycles. The van der Waals surface area contributed by atoms with E-state index < -0.39 is 0 Å². The first kappa shape index (κ1) is 18.5. The third-order valence-corrected chi connectivity index (χ3v) is 5.85. The summed E-state index contributed by atoms with van der Waals surface area (Å²) in [6, 6.07) is 8.11. The molecule has 0 spiro atoms. The number of amides is 3. The van der Waals surface area contributed by atoms with Gasteiger partial charge in [0.2, 0.25) is 17.7 Å². The maximum absolute atomic E-state index is 12.6. The Bertz CT molecular complexity index is 898. The third-order valence-electron chi connectivity index (χ3n) is 5.85. The lowest BCUT2D eigenvalue weighted by Gasteiger charge is -2.34. The summed E-state index contributed by atoms with van der Waals surface area (Å²) >= 11 is 0. The summed E-state index contributed by atoms with van der Waals surface area (Å²) in [6.45, 7) is 4.39. The van der Waals surface area contributed by atoms with Crippen molar-refractivity contribution in [2.45, 2.75) is 19.8 Å². The zero-order chi connectivity index (χ0) is 19.7. The monoisotopic (exact) mass is 382 g/mol. The first-order valence-electron chi connectivity index (χ1n) is 9.91. The fraction of sp³-hybridized carbons (Fsp3) is 0.476. The number of aromatic amines is 1. The van der Waals surface area contributed by atoms with E-state index in [1.165, 1.54) is 10.9 Å². The van der Waals surface area contributed by atoms with Gasteiger partial charge in [0, 0.05) is 56.7 Å². The topological polar surface area (TPSA) is 85.5 Å². The molecule has 2 fully saturated rings. The van der Waals surface area contributed by atoms with E-state index in [-0.39, 0.29) is 29.6 Å². The van der Waals surface area contributed by atoms with Crippen LogP contribution in [0.25, 0.3) is 10.9 Å². The Labute approximate surface area is 164 Å². The second kappa shape index (κ2) is 7.66. The highest BCUT2D eigenvalue weighted by Gasteiger charge is 2.49. The van der Waals surface area contributed by atoms with E-state index in [0.717, 1.165) is 11.9 Å². The van der Waals surface area contributed by atoms with E-state index in [1.54, 1.807) is 16.7 Å². The Morgan fingerprint density at radius 3 is 2.54 bits per heavy atom. The minimum Gasteiger partial charge on any atom is -0.361 e. The molecule has 28 heavy (non-hydrogen) atoms. The number of hydrogen-bond donors (Lipinski definition) is 2. The number of para-hydroxylation sites is 1. The van der Waals surface area contributed by atoms with Crippen LogP contribution in [0.5, 0.6) is 0 Å². The summed E-state index contributed by atoms with van der Waals surface area (Å²) in [7, 11) is 0. The standard InChI is InChI=1S/C21H26N4O3/c1-14(26)24-8-10-25(11-9-24)21(28)18-12-17(18)20(27)22-7-6-15-13-23-19-5-3-2-4-16(15)19/h2-5,13,17-18,23H,6-12H2,1H3,(H,22,27). The van der Waals surface area contributed by atoms with Crippen molar-refractivity contribution in [1.82, 2.24) is 20.1 Å². The van der Waals surface area contributed by atoms with Gasteiger partial charge < -0.3 is 20.1 Å². The molecule has 2 unspecified atom stereocenters. The van der Waals surface area contributed by atoms with Crippen LogP contribution in [0.1, 0.15) is 18.9 Å². The van der Waals surface area contributed by atoms with Gasteiger partial charge in [0.1, 0.15) is 0 Å². The summed E-state index contributed by atoms with van der Waals surface area (Å²) in [5.41, 5.74) is 2.28. The predicted octanol–water partition coefficient (Wildman–Crippen LogP) is 1.15. The Morgan fingerprint density at radius 2 is 1.79 bits per heavy atom. The Morgan fingerprint density at radius 1 is 1.07 bits per heavy atom. The minimum atomic E-state index is -0.207. The Kier molecular flexibility index (Phi) is 5.07. The van der Waals surface area contributed by atoms with Crippen LogP contribution in [0.4, 0.5) is 0 Å². The van der Waals surface area contributed by atoms with Gasteiger partial charge in [-0.25, -0.2) is 0 Å². The quantitative estimate of drug-likeness (QED) is 0.814.